The summed E-state index contributed by atoms with van der Waals surface area (Å²) in [6, 6.07) is 5.49. The smallest absolute Gasteiger partial charge is 0.255 e. The van der Waals surface area contributed by atoms with Crippen molar-refractivity contribution in [3.05, 3.63) is 24.4 Å². The number of nitrogens with one attached hydrogen (secondary N) is 2. The molecule has 1 saturated carbocycles. The van der Waals surface area contributed by atoms with Crippen LogP contribution in [-0.2, 0) is 9.53 Å². The third-order valence-electron chi connectivity index (χ3n) is 3.28. The molecule has 3 rings (SSSR count). The molecule has 1 atom stereocenters. The highest BCUT2D eigenvalue weighted by Crippen LogP contribution is 2.29. The van der Waals surface area contributed by atoms with Crippen molar-refractivity contribution >= 4 is 11.9 Å². The molecule has 7 heteroatoms. The van der Waals surface area contributed by atoms with E-state index in [-0.39, 0.29) is 11.9 Å². The molecule has 0 aliphatic heterocycles. The van der Waals surface area contributed by atoms with Crippen molar-refractivity contribution in [3.8, 4) is 11.5 Å². The Morgan fingerprint density at radius 1 is 1.52 bits per heavy atom. The normalized spacial score (nSPS) is 15.7. The molecule has 2 aromatic rings. The summed E-state index contributed by atoms with van der Waals surface area (Å²) < 4.78 is 5.50. The number of rotatable bonds is 6. The Bertz CT molecular complexity index is 609. The lowest BCUT2D eigenvalue weighted by Crippen LogP contribution is -2.28. The maximum atomic E-state index is 11.9. The minimum absolute atomic E-state index is 0.225. The molecular weight excluding hydrogens is 270 g/mol. The number of carbonyl (C=O) groups excluding carboxylic acids is 1. The van der Waals surface area contributed by atoms with Gasteiger partial charge in [0.1, 0.15) is 11.8 Å². The molecule has 21 heavy (non-hydrogen) atoms. The highest BCUT2D eigenvalue weighted by molar-refractivity contribution is 5.92. The van der Waals surface area contributed by atoms with Gasteiger partial charge in [-0.25, -0.2) is 0 Å². The summed E-state index contributed by atoms with van der Waals surface area (Å²) in [7, 11) is 0. The average molecular weight is 287 g/mol. The van der Waals surface area contributed by atoms with E-state index in [0.717, 1.165) is 0 Å². The van der Waals surface area contributed by atoms with Gasteiger partial charge in [-0.2, -0.15) is 4.98 Å². The first-order chi connectivity index (χ1) is 10.2. The summed E-state index contributed by atoms with van der Waals surface area (Å²) in [5.41, 5.74) is 0.670. The highest BCUT2D eigenvalue weighted by Gasteiger charge is 2.24. The van der Waals surface area contributed by atoms with Crippen LogP contribution in [0.25, 0.3) is 11.5 Å². The molecule has 0 bridgehead atoms. The van der Waals surface area contributed by atoms with E-state index < -0.39 is 6.10 Å². The first-order valence-electron chi connectivity index (χ1n) is 6.98. The van der Waals surface area contributed by atoms with Crippen molar-refractivity contribution in [3.63, 3.8) is 0 Å². The molecule has 0 unspecified atom stereocenters. The summed E-state index contributed by atoms with van der Waals surface area (Å²) >= 11 is 0. The summed E-state index contributed by atoms with van der Waals surface area (Å²) in [4.78, 5) is 20.3. The zero-order valence-electron chi connectivity index (χ0n) is 11.7. The molecule has 1 aliphatic carbocycles. The van der Waals surface area contributed by atoms with E-state index in [2.05, 4.69) is 25.5 Å². The second-order valence-corrected chi connectivity index (χ2v) is 5.13. The summed E-state index contributed by atoms with van der Waals surface area (Å²) in [5, 5.41) is 9.34. The Kier molecular flexibility index (Phi) is 3.92. The Morgan fingerprint density at radius 2 is 2.38 bits per heavy atom. The second-order valence-electron chi connectivity index (χ2n) is 5.13. The number of carbonyl (C=O) groups is 1. The van der Waals surface area contributed by atoms with Crippen LogP contribution in [0.1, 0.15) is 19.8 Å². The van der Waals surface area contributed by atoms with Crippen LogP contribution in [0.5, 0.6) is 0 Å². The minimum atomic E-state index is -0.512. The van der Waals surface area contributed by atoms with Crippen molar-refractivity contribution in [2.75, 3.05) is 11.9 Å². The topological polar surface area (TPSA) is 92.8 Å². The fourth-order valence-corrected chi connectivity index (χ4v) is 1.79. The molecule has 2 heterocycles. The van der Waals surface area contributed by atoms with Crippen LogP contribution in [0.3, 0.4) is 0 Å². The van der Waals surface area contributed by atoms with E-state index in [1.165, 1.54) is 12.8 Å². The van der Waals surface area contributed by atoms with Gasteiger partial charge in [0.05, 0.1) is 6.61 Å². The van der Waals surface area contributed by atoms with E-state index in [1.54, 1.807) is 13.1 Å². The summed E-state index contributed by atoms with van der Waals surface area (Å²) in [5.74, 6) is 1.11. The van der Waals surface area contributed by atoms with Gasteiger partial charge in [0.2, 0.25) is 5.95 Å². The molecule has 1 amide bonds. The van der Waals surface area contributed by atoms with Crippen LogP contribution in [0, 0.1) is 5.92 Å². The van der Waals surface area contributed by atoms with Crippen LogP contribution in [-0.4, -0.2) is 38.8 Å². The predicted octanol–water partition coefficient (Wildman–Crippen LogP) is 1.62. The predicted molar refractivity (Wildman–Crippen MR) is 76.4 cm³/mol. The third-order valence-corrected chi connectivity index (χ3v) is 3.28. The number of H-pyrrole nitrogens is 1. The van der Waals surface area contributed by atoms with Crippen LogP contribution in [0.2, 0.25) is 0 Å². The number of amides is 1. The molecule has 2 N–H and O–H groups in total. The summed E-state index contributed by atoms with van der Waals surface area (Å²) in [6.07, 6.45) is 3.55. The minimum Gasteiger partial charge on any atom is -0.368 e. The molecule has 110 valence electrons. The molecule has 2 aromatic heterocycles. The molecule has 0 radical (unpaired) electrons. The van der Waals surface area contributed by atoms with Gasteiger partial charge in [-0.3, -0.25) is 20.2 Å². The van der Waals surface area contributed by atoms with Gasteiger partial charge in [0, 0.05) is 6.20 Å². The maximum Gasteiger partial charge on any atom is 0.255 e. The lowest BCUT2D eigenvalue weighted by Gasteiger charge is -2.11. The van der Waals surface area contributed by atoms with Crippen LogP contribution in [0.4, 0.5) is 5.95 Å². The van der Waals surface area contributed by atoms with E-state index >= 15 is 0 Å². The first-order valence-corrected chi connectivity index (χ1v) is 6.98. The van der Waals surface area contributed by atoms with Gasteiger partial charge in [-0.15, -0.1) is 5.10 Å². The van der Waals surface area contributed by atoms with Crippen molar-refractivity contribution < 1.29 is 9.53 Å². The van der Waals surface area contributed by atoms with Crippen LogP contribution < -0.4 is 5.32 Å². The molecule has 7 nitrogen and oxygen atoms in total. The Morgan fingerprint density at radius 3 is 3.10 bits per heavy atom. The van der Waals surface area contributed by atoms with Gasteiger partial charge in [-0.05, 0) is 37.8 Å². The number of hydrogen-bond donors (Lipinski definition) is 2. The third kappa shape index (κ3) is 3.63. The number of ether oxygens (including phenoxy) is 1. The van der Waals surface area contributed by atoms with Gasteiger partial charge in [0.15, 0.2) is 5.82 Å². The van der Waals surface area contributed by atoms with E-state index in [4.69, 9.17) is 4.74 Å². The van der Waals surface area contributed by atoms with Crippen LogP contribution >= 0.6 is 0 Å². The quantitative estimate of drug-likeness (QED) is 0.842. The number of aromatic nitrogens is 4. The van der Waals surface area contributed by atoms with Crippen LogP contribution in [0.15, 0.2) is 24.4 Å². The molecule has 1 aliphatic rings. The standard InChI is InChI=1S/C14H17N5O2/c1-9(21-8-10-5-6-10)13(20)17-14-16-12(18-19-14)11-4-2-3-7-15-11/h2-4,7,9-10H,5-6,8H2,1H3,(H2,16,17,18,19,20)/t9-/m0/s1. The van der Waals surface area contributed by atoms with Crippen molar-refractivity contribution in [1.82, 2.24) is 20.2 Å². The lowest BCUT2D eigenvalue weighted by atomic mass is 10.3. The lowest BCUT2D eigenvalue weighted by molar-refractivity contribution is -0.126. The molecule has 0 saturated heterocycles. The number of nitrogens with zero attached hydrogens (tertiary/aromatic N) is 3. The first kappa shape index (κ1) is 13.7. The average Bonchev–Trinajstić information content (AvgIpc) is 3.23. The Balaban J connectivity index is 1.57. The number of aromatic amines is 1. The van der Waals surface area contributed by atoms with Gasteiger partial charge in [0.25, 0.3) is 5.91 Å². The van der Waals surface area contributed by atoms with E-state index in [1.807, 2.05) is 18.2 Å². The fraction of sp³-hybridized carbons (Fsp3) is 0.429. The zero-order chi connectivity index (χ0) is 14.7. The SMILES string of the molecule is C[C@H](OCC1CC1)C(=O)Nc1n[nH]c(-c2ccccn2)n1. The molecule has 0 spiro atoms. The largest absolute Gasteiger partial charge is 0.368 e. The number of pyridine rings is 1. The van der Waals surface area contributed by atoms with Gasteiger partial charge in [-0.1, -0.05) is 6.07 Å². The van der Waals surface area contributed by atoms with E-state index in [0.29, 0.717) is 24.0 Å². The van der Waals surface area contributed by atoms with Crippen molar-refractivity contribution in [2.24, 2.45) is 5.92 Å². The van der Waals surface area contributed by atoms with Crippen molar-refractivity contribution in [2.45, 2.75) is 25.9 Å². The zero-order valence-corrected chi connectivity index (χ0v) is 11.7. The Hall–Kier alpha value is -2.28. The maximum absolute atomic E-state index is 11.9. The molecule has 1 fully saturated rings. The second kappa shape index (κ2) is 6.01. The van der Waals surface area contributed by atoms with Gasteiger partial charge >= 0.3 is 0 Å². The van der Waals surface area contributed by atoms with Gasteiger partial charge < -0.3 is 4.74 Å². The molecular formula is C14H17N5O2. The van der Waals surface area contributed by atoms with Crippen molar-refractivity contribution in [1.29, 1.82) is 0 Å². The summed E-state index contributed by atoms with van der Waals surface area (Å²) in [6.45, 7) is 2.37. The van der Waals surface area contributed by atoms with E-state index in [9.17, 15) is 4.79 Å². The Labute approximate surface area is 122 Å². The fourth-order valence-electron chi connectivity index (χ4n) is 1.79. The number of anilines is 1. The highest BCUT2D eigenvalue weighted by atomic mass is 16.5. The monoisotopic (exact) mass is 287 g/mol. The molecule has 0 aromatic carbocycles. The number of hydrogen-bond acceptors (Lipinski definition) is 5.